The zero-order valence-electron chi connectivity index (χ0n) is 5.38. The van der Waals surface area contributed by atoms with Crippen molar-refractivity contribution in [2.45, 2.75) is 6.92 Å². The van der Waals surface area contributed by atoms with Crippen molar-refractivity contribution in [3.05, 3.63) is 21.4 Å². The fraction of sp³-hybridized carbons (Fsp3) is 0.143. The second-order valence-corrected chi connectivity index (χ2v) is 2.71. The molecule has 1 rings (SSSR count). The summed E-state index contributed by atoms with van der Waals surface area (Å²) in [6.07, 6.45) is 0. The maximum atomic E-state index is 8.48. The van der Waals surface area contributed by atoms with Crippen LogP contribution >= 0.6 is 11.3 Å². The fourth-order valence-electron chi connectivity index (χ4n) is 0.637. The lowest BCUT2D eigenvalue weighted by Gasteiger charge is -1.82. The van der Waals surface area contributed by atoms with Gasteiger partial charge in [0.15, 0.2) is 0 Å². The van der Waals surface area contributed by atoms with Crippen LogP contribution in [0.2, 0.25) is 0 Å². The summed E-state index contributed by atoms with van der Waals surface area (Å²) in [7, 11) is 0. The van der Waals surface area contributed by atoms with Crippen LogP contribution in [0.25, 0.3) is 0 Å². The van der Waals surface area contributed by atoms with E-state index in [0.29, 0.717) is 10.4 Å². The average molecular weight is 148 g/mol. The standard InChI is InChI=1S/C7H4N2S/c1-5-6(2-8)4-10-7(5)3-9/h4H,1H3. The van der Waals surface area contributed by atoms with Crippen LogP contribution in [0.4, 0.5) is 0 Å². The molecule has 0 N–H and O–H groups in total. The molecule has 0 saturated heterocycles. The summed E-state index contributed by atoms with van der Waals surface area (Å²) in [6.45, 7) is 1.79. The summed E-state index contributed by atoms with van der Waals surface area (Å²) >= 11 is 1.32. The van der Waals surface area contributed by atoms with Gasteiger partial charge in [0, 0.05) is 5.38 Å². The van der Waals surface area contributed by atoms with E-state index in [2.05, 4.69) is 0 Å². The van der Waals surface area contributed by atoms with Crippen LogP contribution in [0.5, 0.6) is 0 Å². The Balaban J connectivity index is 3.28. The van der Waals surface area contributed by atoms with Gasteiger partial charge in [-0.2, -0.15) is 10.5 Å². The van der Waals surface area contributed by atoms with Crippen molar-refractivity contribution in [1.29, 1.82) is 10.5 Å². The molecule has 0 aliphatic rings. The SMILES string of the molecule is Cc1c(C#N)csc1C#N. The van der Waals surface area contributed by atoms with E-state index in [1.807, 2.05) is 12.1 Å². The molecular weight excluding hydrogens is 144 g/mol. The number of nitrogens with zero attached hydrogens (tertiary/aromatic N) is 2. The van der Waals surface area contributed by atoms with Gasteiger partial charge in [-0.05, 0) is 12.5 Å². The quantitative estimate of drug-likeness (QED) is 0.563. The zero-order chi connectivity index (χ0) is 7.56. The van der Waals surface area contributed by atoms with Crippen LogP contribution in [0.1, 0.15) is 16.0 Å². The Kier molecular flexibility index (Phi) is 1.71. The molecule has 0 spiro atoms. The third kappa shape index (κ3) is 0.877. The predicted molar refractivity (Wildman–Crippen MR) is 38.5 cm³/mol. The molecule has 10 heavy (non-hydrogen) atoms. The molecule has 0 radical (unpaired) electrons. The molecule has 0 aromatic carbocycles. The van der Waals surface area contributed by atoms with Crippen LogP contribution in [0.3, 0.4) is 0 Å². The molecule has 3 heteroatoms. The first-order valence-corrected chi connectivity index (χ1v) is 3.56. The van der Waals surface area contributed by atoms with Gasteiger partial charge in [-0.15, -0.1) is 11.3 Å². The highest BCUT2D eigenvalue weighted by Gasteiger charge is 2.04. The van der Waals surface area contributed by atoms with Crippen LogP contribution in [-0.2, 0) is 0 Å². The van der Waals surface area contributed by atoms with E-state index in [0.717, 1.165) is 5.56 Å². The molecule has 48 valence electrons. The minimum Gasteiger partial charge on any atom is -0.192 e. The molecule has 0 aliphatic heterocycles. The average Bonchev–Trinajstić information content (AvgIpc) is 2.30. The molecule has 2 nitrogen and oxygen atoms in total. The lowest BCUT2D eigenvalue weighted by atomic mass is 10.2. The van der Waals surface area contributed by atoms with Crippen molar-refractivity contribution in [2.75, 3.05) is 0 Å². The van der Waals surface area contributed by atoms with Crippen LogP contribution in [0, 0.1) is 29.6 Å². The number of thiophene rings is 1. The Morgan fingerprint density at radius 1 is 1.40 bits per heavy atom. The van der Waals surface area contributed by atoms with Crippen molar-refractivity contribution in [1.82, 2.24) is 0 Å². The van der Waals surface area contributed by atoms with E-state index in [4.69, 9.17) is 10.5 Å². The van der Waals surface area contributed by atoms with Gasteiger partial charge < -0.3 is 0 Å². The summed E-state index contributed by atoms with van der Waals surface area (Å²) in [5, 5.41) is 18.7. The molecule has 0 unspecified atom stereocenters. The van der Waals surface area contributed by atoms with Gasteiger partial charge in [-0.3, -0.25) is 0 Å². The summed E-state index contributed by atoms with van der Waals surface area (Å²) in [5.41, 5.74) is 1.41. The fourth-order valence-corrected chi connectivity index (χ4v) is 1.44. The highest BCUT2D eigenvalue weighted by atomic mass is 32.1. The van der Waals surface area contributed by atoms with Gasteiger partial charge in [-0.25, -0.2) is 0 Å². The zero-order valence-corrected chi connectivity index (χ0v) is 6.20. The Morgan fingerprint density at radius 2 is 2.10 bits per heavy atom. The third-order valence-corrected chi connectivity index (χ3v) is 2.25. The van der Waals surface area contributed by atoms with Crippen molar-refractivity contribution in [3.8, 4) is 12.1 Å². The molecule has 0 saturated carbocycles. The van der Waals surface area contributed by atoms with Gasteiger partial charge in [-0.1, -0.05) is 0 Å². The first-order valence-electron chi connectivity index (χ1n) is 2.68. The Morgan fingerprint density at radius 3 is 2.40 bits per heavy atom. The van der Waals surface area contributed by atoms with Gasteiger partial charge in [0.1, 0.15) is 17.0 Å². The Bertz CT molecular complexity index is 293. The first kappa shape index (κ1) is 6.80. The highest BCUT2D eigenvalue weighted by Crippen LogP contribution is 2.19. The van der Waals surface area contributed by atoms with Crippen molar-refractivity contribution in [2.24, 2.45) is 0 Å². The normalized spacial score (nSPS) is 8.30. The van der Waals surface area contributed by atoms with E-state index in [-0.39, 0.29) is 0 Å². The molecule has 0 aliphatic carbocycles. The number of hydrogen-bond acceptors (Lipinski definition) is 3. The van der Waals surface area contributed by atoms with Crippen LogP contribution in [-0.4, -0.2) is 0 Å². The molecule has 0 bridgehead atoms. The van der Waals surface area contributed by atoms with E-state index < -0.39 is 0 Å². The van der Waals surface area contributed by atoms with E-state index in [1.54, 1.807) is 12.3 Å². The highest BCUT2D eigenvalue weighted by molar-refractivity contribution is 7.10. The largest absolute Gasteiger partial charge is 0.192 e. The molecular formula is C7H4N2S. The second kappa shape index (κ2) is 2.51. The van der Waals surface area contributed by atoms with Gasteiger partial charge in [0.2, 0.25) is 0 Å². The van der Waals surface area contributed by atoms with E-state index in [9.17, 15) is 0 Å². The van der Waals surface area contributed by atoms with Crippen molar-refractivity contribution >= 4 is 11.3 Å². The molecule has 1 aromatic rings. The van der Waals surface area contributed by atoms with Gasteiger partial charge in [0.25, 0.3) is 0 Å². The predicted octanol–water partition coefficient (Wildman–Crippen LogP) is 1.80. The monoisotopic (exact) mass is 148 g/mol. The number of hydrogen-bond donors (Lipinski definition) is 0. The summed E-state index contributed by atoms with van der Waals surface area (Å²) in [4.78, 5) is 0.636. The smallest absolute Gasteiger partial charge is 0.110 e. The lowest BCUT2D eigenvalue weighted by Crippen LogP contribution is -1.74. The van der Waals surface area contributed by atoms with Crippen LogP contribution in [0.15, 0.2) is 5.38 Å². The van der Waals surface area contributed by atoms with Gasteiger partial charge >= 0.3 is 0 Å². The van der Waals surface area contributed by atoms with Crippen molar-refractivity contribution < 1.29 is 0 Å². The number of nitriles is 2. The van der Waals surface area contributed by atoms with E-state index >= 15 is 0 Å². The molecule has 0 fully saturated rings. The molecule has 0 amide bonds. The van der Waals surface area contributed by atoms with Crippen molar-refractivity contribution in [3.63, 3.8) is 0 Å². The Hall–Kier alpha value is -1.32. The molecule has 0 atom stereocenters. The maximum absolute atomic E-state index is 8.48. The first-order chi connectivity index (χ1) is 4.79. The van der Waals surface area contributed by atoms with Gasteiger partial charge in [0.05, 0.1) is 5.56 Å². The minimum absolute atomic E-state index is 0.613. The lowest BCUT2D eigenvalue weighted by molar-refractivity contribution is 1.42. The van der Waals surface area contributed by atoms with E-state index in [1.165, 1.54) is 11.3 Å². The molecule has 1 aromatic heterocycles. The Labute approximate surface area is 63.0 Å². The topological polar surface area (TPSA) is 47.6 Å². The minimum atomic E-state index is 0.613. The van der Waals surface area contributed by atoms with Crippen LogP contribution < -0.4 is 0 Å². The third-order valence-electron chi connectivity index (χ3n) is 1.26. The number of rotatable bonds is 0. The summed E-state index contributed by atoms with van der Waals surface area (Å²) in [6, 6.07) is 4.03. The summed E-state index contributed by atoms with van der Waals surface area (Å²) in [5.74, 6) is 0. The maximum Gasteiger partial charge on any atom is 0.110 e. The second-order valence-electron chi connectivity index (χ2n) is 1.83. The summed E-state index contributed by atoms with van der Waals surface area (Å²) < 4.78 is 0. The molecule has 1 heterocycles.